The van der Waals surface area contributed by atoms with Gasteiger partial charge >= 0.3 is 5.97 Å². The average molecular weight is 838 g/mol. The first-order chi connectivity index (χ1) is 29.5. The van der Waals surface area contributed by atoms with Gasteiger partial charge in [-0.2, -0.15) is 0 Å². The number of hydrogen-bond donors (Lipinski definition) is 3. The van der Waals surface area contributed by atoms with Gasteiger partial charge in [-0.25, -0.2) is 0 Å². The zero-order valence-corrected chi connectivity index (χ0v) is 39.3. The lowest BCUT2D eigenvalue weighted by atomic mass is 10.0. The van der Waals surface area contributed by atoms with E-state index in [1.807, 2.05) is 6.08 Å². The van der Waals surface area contributed by atoms with E-state index in [4.69, 9.17) is 4.74 Å². The Labute approximate surface area is 371 Å². The lowest BCUT2D eigenvalue weighted by molar-refractivity contribution is -0.148. The number of carbonyl (C=O) groups is 2. The van der Waals surface area contributed by atoms with Crippen molar-refractivity contribution in [3.8, 4) is 0 Å². The van der Waals surface area contributed by atoms with Crippen LogP contribution in [-0.2, 0) is 14.3 Å². The lowest BCUT2D eigenvalue weighted by Crippen LogP contribution is -2.46. The molecule has 0 aromatic carbocycles. The molecule has 0 saturated heterocycles. The Bertz CT molecular complexity index is 1120. The zero-order valence-electron chi connectivity index (χ0n) is 39.3. The summed E-state index contributed by atoms with van der Waals surface area (Å²) in [6, 6.07) is -0.743. The Balaban J connectivity index is 4.72. The summed E-state index contributed by atoms with van der Waals surface area (Å²) < 4.78 is 5.81. The topological polar surface area (TPSA) is 95.9 Å². The van der Waals surface area contributed by atoms with Crippen LogP contribution in [0.15, 0.2) is 72.9 Å². The molecule has 3 N–H and O–H groups in total. The van der Waals surface area contributed by atoms with Crippen molar-refractivity contribution in [3.05, 3.63) is 72.9 Å². The summed E-state index contributed by atoms with van der Waals surface area (Å²) in [6.45, 7) is 6.31. The number of nitrogens with one attached hydrogen (secondary N) is 1. The predicted octanol–water partition coefficient (Wildman–Crippen LogP) is 15.0. The maximum absolute atomic E-state index is 13.1. The van der Waals surface area contributed by atoms with Crippen LogP contribution in [0.4, 0.5) is 0 Å². The molecule has 0 spiro atoms. The number of rotatable bonds is 44. The van der Waals surface area contributed by atoms with Crippen LogP contribution in [0.3, 0.4) is 0 Å². The first-order valence-electron chi connectivity index (χ1n) is 25.2. The molecule has 0 heterocycles. The van der Waals surface area contributed by atoms with Gasteiger partial charge in [0.05, 0.1) is 25.2 Å². The van der Waals surface area contributed by atoms with Crippen LogP contribution >= 0.6 is 0 Å². The van der Waals surface area contributed by atoms with Crippen LogP contribution in [0, 0.1) is 0 Å². The summed E-state index contributed by atoms with van der Waals surface area (Å²) in [7, 11) is 0. The van der Waals surface area contributed by atoms with Gasteiger partial charge in [-0.3, -0.25) is 9.59 Å². The highest BCUT2D eigenvalue weighted by Gasteiger charge is 2.23. The fourth-order valence-electron chi connectivity index (χ4n) is 7.21. The minimum atomic E-state index is -0.820. The molecule has 0 aliphatic heterocycles. The Morgan fingerprint density at radius 3 is 1.40 bits per heavy atom. The number of aliphatic hydroxyl groups excluding tert-OH is 2. The molecule has 0 fully saturated rings. The van der Waals surface area contributed by atoms with E-state index in [1.54, 1.807) is 6.08 Å². The van der Waals surface area contributed by atoms with Gasteiger partial charge in [0.15, 0.2) is 0 Å². The summed E-state index contributed by atoms with van der Waals surface area (Å²) in [4.78, 5) is 26.0. The summed E-state index contributed by atoms with van der Waals surface area (Å²) in [5, 5.41) is 23.6. The molecule has 0 aromatic rings. The molecule has 1 amide bonds. The highest BCUT2D eigenvalue weighted by atomic mass is 16.5. The van der Waals surface area contributed by atoms with E-state index in [-0.39, 0.29) is 24.9 Å². The molecular formula is C54H95NO5. The molecule has 0 saturated carbocycles. The molecule has 60 heavy (non-hydrogen) atoms. The first kappa shape index (κ1) is 57.3. The second-order valence-electron chi connectivity index (χ2n) is 16.8. The Morgan fingerprint density at radius 1 is 0.517 bits per heavy atom. The van der Waals surface area contributed by atoms with Crippen LogP contribution in [0.5, 0.6) is 0 Å². The van der Waals surface area contributed by atoms with Crippen LogP contribution in [0.25, 0.3) is 0 Å². The second kappa shape index (κ2) is 47.4. The molecule has 0 bridgehead atoms. The van der Waals surface area contributed by atoms with E-state index in [0.29, 0.717) is 19.3 Å². The number of amides is 1. The maximum atomic E-state index is 13.1. The van der Waals surface area contributed by atoms with Gasteiger partial charge in [0.1, 0.15) is 6.10 Å². The SMILES string of the molecule is CC/C=C/C/C=C/C/C=C/C/C=C/C/C=C/C(CC(=O)NC(CO)C(O)CCCCCCCCCCCC)OC(=O)CCCCCCCCC/C=C/CCCCCCCC. The summed E-state index contributed by atoms with van der Waals surface area (Å²) >= 11 is 0. The summed E-state index contributed by atoms with van der Waals surface area (Å²) in [6.07, 6.45) is 60.0. The minimum absolute atomic E-state index is 0.0494. The number of ether oxygens (including phenoxy) is 1. The smallest absolute Gasteiger partial charge is 0.306 e. The van der Waals surface area contributed by atoms with E-state index in [9.17, 15) is 19.8 Å². The van der Waals surface area contributed by atoms with Crippen molar-refractivity contribution in [2.45, 2.75) is 251 Å². The highest BCUT2D eigenvalue weighted by Crippen LogP contribution is 2.15. The second-order valence-corrected chi connectivity index (χ2v) is 16.8. The zero-order chi connectivity index (χ0) is 43.8. The Morgan fingerprint density at radius 2 is 0.933 bits per heavy atom. The third kappa shape index (κ3) is 42.0. The fraction of sp³-hybridized carbons (Fsp3) is 0.741. The molecule has 0 aliphatic carbocycles. The number of allylic oxidation sites excluding steroid dienone is 11. The van der Waals surface area contributed by atoms with Gasteiger partial charge in [0.2, 0.25) is 5.91 Å². The number of aliphatic hydroxyl groups is 2. The molecule has 6 heteroatoms. The van der Waals surface area contributed by atoms with E-state index in [0.717, 1.165) is 64.2 Å². The fourth-order valence-corrected chi connectivity index (χ4v) is 7.21. The van der Waals surface area contributed by atoms with Gasteiger partial charge in [-0.1, -0.05) is 216 Å². The molecule has 0 aromatic heterocycles. The van der Waals surface area contributed by atoms with Crippen LogP contribution in [0.1, 0.15) is 233 Å². The molecule has 0 radical (unpaired) electrons. The van der Waals surface area contributed by atoms with Crippen LogP contribution in [0.2, 0.25) is 0 Å². The van der Waals surface area contributed by atoms with E-state index < -0.39 is 18.2 Å². The van der Waals surface area contributed by atoms with E-state index >= 15 is 0 Å². The van der Waals surface area contributed by atoms with Crippen LogP contribution < -0.4 is 5.32 Å². The van der Waals surface area contributed by atoms with Crippen molar-refractivity contribution in [1.82, 2.24) is 5.32 Å². The minimum Gasteiger partial charge on any atom is -0.458 e. The summed E-state index contributed by atoms with van der Waals surface area (Å²) in [5.41, 5.74) is 0. The van der Waals surface area contributed by atoms with Crippen LogP contribution in [-0.4, -0.2) is 46.9 Å². The molecule has 0 rings (SSSR count). The molecule has 0 aliphatic rings. The summed E-state index contributed by atoms with van der Waals surface area (Å²) in [5.74, 6) is -0.635. The number of esters is 1. The molecular weight excluding hydrogens is 743 g/mol. The van der Waals surface area contributed by atoms with E-state index in [2.05, 4.69) is 86.8 Å². The van der Waals surface area contributed by atoms with Gasteiger partial charge in [0, 0.05) is 6.42 Å². The molecule has 3 unspecified atom stereocenters. The monoisotopic (exact) mass is 838 g/mol. The van der Waals surface area contributed by atoms with Crippen molar-refractivity contribution in [3.63, 3.8) is 0 Å². The normalized spacial score (nSPS) is 13.9. The van der Waals surface area contributed by atoms with Gasteiger partial charge in [-0.15, -0.1) is 0 Å². The number of carbonyl (C=O) groups excluding carboxylic acids is 2. The van der Waals surface area contributed by atoms with Crippen molar-refractivity contribution < 1.29 is 24.5 Å². The standard InChI is InChI=1S/C54H95NO5/c1-4-7-10-13-16-19-22-24-26-27-28-30-32-35-38-41-44-47-54(59)60-50(45-42-39-36-33-31-29-25-23-20-17-14-11-8-5-2)48-53(58)55-51(49-56)52(57)46-43-40-37-34-21-18-15-12-9-6-3/h8,11,17,20,24-26,29,33,36,42,45,50-52,56-57H,4-7,9-10,12-16,18-19,21-23,27-28,30-32,34-35,37-41,43-44,46-49H2,1-3H3,(H,55,58)/b11-8+,20-17+,26-24+,29-25+,36-33+,45-42+. The predicted molar refractivity (Wildman–Crippen MR) is 259 cm³/mol. The van der Waals surface area contributed by atoms with Gasteiger partial charge in [-0.05, 0) is 76.7 Å². The average Bonchev–Trinajstić information content (AvgIpc) is 3.24. The lowest BCUT2D eigenvalue weighted by Gasteiger charge is -2.23. The largest absolute Gasteiger partial charge is 0.458 e. The van der Waals surface area contributed by atoms with Gasteiger partial charge < -0.3 is 20.3 Å². The van der Waals surface area contributed by atoms with Gasteiger partial charge in [0.25, 0.3) is 0 Å². The molecule has 6 nitrogen and oxygen atoms in total. The Hall–Kier alpha value is -2.70. The molecule has 3 atom stereocenters. The maximum Gasteiger partial charge on any atom is 0.306 e. The third-order valence-corrected chi connectivity index (χ3v) is 11.0. The third-order valence-electron chi connectivity index (χ3n) is 11.0. The van der Waals surface area contributed by atoms with Crippen molar-refractivity contribution in [2.24, 2.45) is 0 Å². The first-order valence-corrected chi connectivity index (χ1v) is 25.2. The van der Waals surface area contributed by atoms with E-state index in [1.165, 1.54) is 122 Å². The number of unbranched alkanes of at least 4 members (excludes halogenated alkanes) is 22. The number of hydrogen-bond acceptors (Lipinski definition) is 5. The van der Waals surface area contributed by atoms with Crippen molar-refractivity contribution >= 4 is 11.9 Å². The molecule has 346 valence electrons. The van der Waals surface area contributed by atoms with Crippen molar-refractivity contribution in [1.29, 1.82) is 0 Å². The quantitative estimate of drug-likeness (QED) is 0.0323. The highest BCUT2D eigenvalue weighted by molar-refractivity contribution is 5.78. The Kier molecular flexibility index (Phi) is 45.2. The van der Waals surface area contributed by atoms with Crippen molar-refractivity contribution in [2.75, 3.05) is 6.61 Å².